The molecular weight excluding hydrogens is 436 g/mol. The summed E-state index contributed by atoms with van der Waals surface area (Å²) in [6.07, 6.45) is 7.73. The number of hydrogen-bond donors (Lipinski definition) is 1. The van der Waals surface area contributed by atoms with E-state index in [-0.39, 0.29) is 23.0 Å². The number of para-hydroxylation sites is 1. The first-order chi connectivity index (χ1) is 17.0. The van der Waals surface area contributed by atoms with E-state index in [4.69, 9.17) is 21.3 Å². The summed E-state index contributed by atoms with van der Waals surface area (Å²) in [4.78, 5) is 18.4. The lowest BCUT2D eigenvalue weighted by Gasteiger charge is -2.48. The molecule has 35 heavy (non-hydrogen) atoms. The third kappa shape index (κ3) is 3.48. The molecule has 6 heteroatoms. The van der Waals surface area contributed by atoms with Gasteiger partial charge >= 0.3 is 0 Å². The molecule has 6 rings (SSSR count). The molecule has 2 heterocycles. The SMILES string of the molecule is [C-]#[N+]C1=C(O)[C@H](C)[C@H]2CCc3c(OCC4CCC4)nc(-c4ccnc5ccccc45)nc3[C@]2(C)C1. The fourth-order valence-corrected chi connectivity index (χ4v) is 6.35. The van der Waals surface area contributed by atoms with Crippen LogP contribution in [0.4, 0.5) is 0 Å². The largest absolute Gasteiger partial charge is 0.523 e. The maximum atomic E-state index is 10.7. The molecular formula is C29H30N4O2. The number of aliphatic hydroxyl groups is 1. The second-order valence-electron chi connectivity index (χ2n) is 10.6. The molecule has 0 radical (unpaired) electrons. The number of hydrogen-bond acceptors (Lipinski definition) is 5. The van der Waals surface area contributed by atoms with Crippen LogP contribution in [0.2, 0.25) is 0 Å². The zero-order valence-corrected chi connectivity index (χ0v) is 20.3. The zero-order valence-electron chi connectivity index (χ0n) is 20.3. The van der Waals surface area contributed by atoms with Crippen LogP contribution >= 0.6 is 0 Å². The minimum atomic E-state index is -0.367. The van der Waals surface area contributed by atoms with Crippen LogP contribution in [0.15, 0.2) is 48.0 Å². The summed E-state index contributed by atoms with van der Waals surface area (Å²) in [6, 6.07) is 10.0. The number of rotatable bonds is 4. The molecule has 1 fully saturated rings. The molecule has 1 N–H and O–H groups in total. The van der Waals surface area contributed by atoms with Gasteiger partial charge in [0.25, 0.3) is 0 Å². The molecule has 0 spiro atoms. The minimum Gasteiger partial charge on any atom is -0.523 e. The summed E-state index contributed by atoms with van der Waals surface area (Å²) in [5, 5.41) is 11.7. The van der Waals surface area contributed by atoms with Crippen molar-refractivity contribution >= 4 is 10.9 Å². The number of ether oxygens (including phenoxy) is 1. The summed E-state index contributed by atoms with van der Waals surface area (Å²) in [7, 11) is 0. The average Bonchev–Trinajstić information content (AvgIpc) is 2.85. The highest BCUT2D eigenvalue weighted by Crippen LogP contribution is 2.54. The van der Waals surface area contributed by atoms with E-state index in [0.29, 0.717) is 36.3 Å². The molecule has 0 aliphatic heterocycles. The van der Waals surface area contributed by atoms with Crippen LogP contribution in [0.5, 0.6) is 5.88 Å². The van der Waals surface area contributed by atoms with E-state index in [1.54, 1.807) is 6.20 Å². The van der Waals surface area contributed by atoms with Crippen LogP contribution in [-0.4, -0.2) is 26.7 Å². The van der Waals surface area contributed by atoms with Crippen LogP contribution in [0.1, 0.15) is 57.2 Å². The van der Waals surface area contributed by atoms with Gasteiger partial charge in [0, 0.05) is 34.0 Å². The van der Waals surface area contributed by atoms with Gasteiger partial charge in [-0.2, -0.15) is 4.98 Å². The molecule has 0 saturated heterocycles. The molecule has 3 aromatic rings. The Morgan fingerprint density at radius 1 is 1.17 bits per heavy atom. The van der Waals surface area contributed by atoms with Gasteiger partial charge in [0.1, 0.15) is 0 Å². The van der Waals surface area contributed by atoms with Crippen LogP contribution in [-0.2, 0) is 11.8 Å². The Hall–Kier alpha value is -3.46. The third-order valence-corrected chi connectivity index (χ3v) is 8.60. The summed E-state index contributed by atoms with van der Waals surface area (Å²) in [5.74, 6) is 2.31. The molecule has 0 amide bonds. The quantitative estimate of drug-likeness (QED) is 0.449. The molecule has 1 saturated carbocycles. The maximum Gasteiger partial charge on any atom is 0.220 e. The Balaban J connectivity index is 1.54. The van der Waals surface area contributed by atoms with Crippen molar-refractivity contribution in [1.29, 1.82) is 0 Å². The predicted molar refractivity (Wildman–Crippen MR) is 135 cm³/mol. The average molecular weight is 467 g/mol. The van der Waals surface area contributed by atoms with Gasteiger partial charge in [-0.1, -0.05) is 38.5 Å². The highest BCUT2D eigenvalue weighted by Gasteiger charge is 2.50. The van der Waals surface area contributed by atoms with E-state index in [1.807, 2.05) is 31.2 Å². The van der Waals surface area contributed by atoms with Gasteiger partial charge in [0.15, 0.2) is 5.82 Å². The standard InChI is InChI=1S/C29H30N4O2/c1-17-22-12-11-21-26(29(22,2)15-24(30-3)25(17)34)32-27(33-28(21)35-16-18-7-6-8-18)20-13-14-31-23-10-5-4-9-19(20)23/h4-5,9-10,13-14,17-18,22,34H,6-8,11-12,15-16H2,1-2H3/t17-,22-,29-/m1/s1. The van der Waals surface area contributed by atoms with Gasteiger partial charge in [-0.05, 0) is 56.1 Å². The first-order valence-electron chi connectivity index (χ1n) is 12.7. The third-order valence-electron chi connectivity index (χ3n) is 8.60. The van der Waals surface area contributed by atoms with E-state index < -0.39 is 0 Å². The van der Waals surface area contributed by atoms with Crippen molar-refractivity contribution in [2.45, 2.75) is 57.8 Å². The predicted octanol–water partition coefficient (Wildman–Crippen LogP) is 6.42. The number of pyridine rings is 1. The lowest BCUT2D eigenvalue weighted by atomic mass is 9.57. The maximum absolute atomic E-state index is 10.7. The van der Waals surface area contributed by atoms with Crippen LogP contribution in [0.25, 0.3) is 27.1 Å². The summed E-state index contributed by atoms with van der Waals surface area (Å²) in [6.45, 7) is 12.6. The highest BCUT2D eigenvalue weighted by molar-refractivity contribution is 5.92. The van der Waals surface area contributed by atoms with E-state index >= 15 is 0 Å². The lowest BCUT2D eigenvalue weighted by molar-refractivity contribution is 0.130. The van der Waals surface area contributed by atoms with Crippen molar-refractivity contribution in [2.24, 2.45) is 17.8 Å². The van der Waals surface area contributed by atoms with E-state index in [1.165, 1.54) is 19.3 Å². The van der Waals surface area contributed by atoms with Crippen LogP contribution < -0.4 is 4.74 Å². The van der Waals surface area contributed by atoms with Crippen molar-refractivity contribution in [2.75, 3.05) is 6.61 Å². The molecule has 0 bridgehead atoms. The Kier molecular flexibility index (Phi) is 5.25. The smallest absolute Gasteiger partial charge is 0.220 e. The Bertz CT molecular complexity index is 1380. The van der Waals surface area contributed by atoms with E-state index in [2.05, 4.69) is 22.8 Å². The number of fused-ring (bicyclic) bond motifs is 4. The van der Waals surface area contributed by atoms with Crippen molar-refractivity contribution in [1.82, 2.24) is 15.0 Å². The molecule has 2 aromatic heterocycles. The molecule has 3 aliphatic rings. The molecule has 178 valence electrons. The lowest BCUT2D eigenvalue weighted by Crippen LogP contribution is -2.45. The molecule has 6 nitrogen and oxygen atoms in total. The highest BCUT2D eigenvalue weighted by atomic mass is 16.5. The topological polar surface area (TPSA) is 72.5 Å². The normalized spacial score (nSPS) is 26.0. The number of allylic oxidation sites excluding steroid dienone is 2. The summed E-state index contributed by atoms with van der Waals surface area (Å²) in [5.41, 5.74) is 3.98. The second kappa shape index (κ2) is 8.34. The zero-order chi connectivity index (χ0) is 24.2. The molecule has 1 aromatic carbocycles. The number of nitrogens with zero attached hydrogens (tertiary/aromatic N) is 4. The Morgan fingerprint density at radius 3 is 2.77 bits per heavy atom. The fourth-order valence-electron chi connectivity index (χ4n) is 6.35. The van der Waals surface area contributed by atoms with Gasteiger partial charge in [0.05, 0.1) is 30.1 Å². The summed E-state index contributed by atoms with van der Waals surface area (Å²) < 4.78 is 6.42. The Morgan fingerprint density at radius 2 is 2.00 bits per heavy atom. The van der Waals surface area contributed by atoms with E-state index in [0.717, 1.165) is 40.6 Å². The summed E-state index contributed by atoms with van der Waals surface area (Å²) >= 11 is 0. The van der Waals surface area contributed by atoms with Crippen LogP contribution in [0.3, 0.4) is 0 Å². The van der Waals surface area contributed by atoms with Gasteiger partial charge in [-0.3, -0.25) is 4.98 Å². The van der Waals surface area contributed by atoms with Gasteiger partial charge in [-0.15, -0.1) is 0 Å². The monoisotopic (exact) mass is 466 g/mol. The van der Waals surface area contributed by atoms with Crippen molar-refractivity contribution in [3.63, 3.8) is 0 Å². The molecule has 0 unspecified atom stereocenters. The van der Waals surface area contributed by atoms with Crippen molar-refractivity contribution in [3.8, 4) is 17.3 Å². The van der Waals surface area contributed by atoms with Crippen molar-refractivity contribution in [3.05, 3.63) is 70.7 Å². The van der Waals surface area contributed by atoms with Crippen molar-refractivity contribution < 1.29 is 9.84 Å². The van der Waals surface area contributed by atoms with Gasteiger partial charge in [-0.25, -0.2) is 9.83 Å². The van der Waals surface area contributed by atoms with E-state index in [9.17, 15) is 5.11 Å². The second-order valence-corrected chi connectivity index (χ2v) is 10.6. The number of benzene rings is 1. The Labute approximate surface area is 205 Å². The van der Waals surface area contributed by atoms with Gasteiger partial charge in [0.2, 0.25) is 11.6 Å². The van der Waals surface area contributed by atoms with Crippen LogP contribution in [0, 0.1) is 24.3 Å². The minimum absolute atomic E-state index is 0.0782. The first-order valence-corrected chi connectivity index (χ1v) is 12.7. The number of aromatic nitrogens is 3. The van der Waals surface area contributed by atoms with Gasteiger partial charge < -0.3 is 9.84 Å². The first kappa shape index (κ1) is 22.0. The number of aliphatic hydroxyl groups excluding tert-OH is 1. The fraction of sp³-hybridized carbons (Fsp3) is 0.448. The molecule has 3 atom stereocenters. The molecule has 3 aliphatic carbocycles.